The number of fused-ring (bicyclic) bond motifs is 22. The number of hydrogen-bond donors (Lipinski definition) is 0. The van der Waals surface area contributed by atoms with Gasteiger partial charge in [-0.3, -0.25) is 0 Å². The Morgan fingerprint density at radius 3 is 0.876 bits per heavy atom. The molecule has 121 heavy (non-hydrogen) atoms. The minimum absolute atomic E-state index is 0.0921. The van der Waals surface area contributed by atoms with E-state index in [1.165, 1.54) is 146 Å². The van der Waals surface area contributed by atoms with Gasteiger partial charge in [0.25, 0.3) is 0 Å². The Kier molecular flexibility index (Phi) is 18.3. The SMILES string of the molecule is CC1(C)c2ccccc2-c2ccc(N(c3ccccc3)c3ccc4c(c3)c3ccccc3c3c5ccc(N(c6ccccc6)c6ccc([Si](C)(C)C)cc6)cc5ccc43)cc21.C[Si](C)(C)c1ccc(N(c2ccccc2)c2ccc3c(ccc4c5ccc(N(c6ccccc6)c6ccc7c(ccc8ccccc87)c6)cc5c5ccccc5c34)c2)cc1. The highest BCUT2D eigenvalue weighted by molar-refractivity contribution is 6.89. The van der Waals surface area contributed by atoms with Crippen molar-refractivity contribution in [3.63, 3.8) is 0 Å². The second-order valence-corrected chi connectivity index (χ2v) is 45.4. The summed E-state index contributed by atoms with van der Waals surface area (Å²) in [5.41, 5.74) is 19.1. The lowest BCUT2D eigenvalue weighted by molar-refractivity contribution is 0.660. The normalized spacial score (nSPS) is 12.5. The van der Waals surface area contributed by atoms with Crippen LogP contribution in [0.1, 0.15) is 25.0 Å². The van der Waals surface area contributed by atoms with E-state index < -0.39 is 16.1 Å². The highest BCUT2D eigenvalue weighted by atomic mass is 28.3. The number of nitrogens with zero attached hydrogens (tertiary/aromatic N) is 4. The first-order valence-electron chi connectivity index (χ1n) is 42.4. The average Bonchev–Trinajstić information content (AvgIpc) is 1.49. The van der Waals surface area contributed by atoms with Gasteiger partial charge in [0.2, 0.25) is 0 Å². The number of benzene rings is 21. The zero-order valence-electron chi connectivity index (χ0n) is 69.5. The monoisotopic (exact) mass is 1580 g/mol. The minimum atomic E-state index is -1.43. The van der Waals surface area contributed by atoms with E-state index in [2.05, 4.69) is 485 Å². The minimum Gasteiger partial charge on any atom is -0.310 e. The van der Waals surface area contributed by atoms with E-state index in [9.17, 15) is 0 Å². The van der Waals surface area contributed by atoms with Gasteiger partial charge in [-0.25, -0.2) is 0 Å². The van der Waals surface area contributed by atoms with Gasteiger partial charge < -0.3 is 19.6 Å². The van der Waals surface area contributed by atoms with Crippen LogP contribution in [0.25, 0.3) is 119 Å². The molecule has 0 bridgehead atoms. The highest BCUT2D eigenvalue weighted by Crippen LogP contribution is 2.53. The smallest absolute Gasteiger partial charge is 0.0775 e. The van der Waals surface area contributed by atoms with E-state index in [-0.39, 0.29) is 5.41 Å². The maximum Gasteiger partial charge on any atom is 0.0775 e. The third-order valence-corrected chi connectivity index (χ3v) is 29.6. The second-order valence-electron chi connectivity index (χ2n) is 35.2. The summed E-state index contributed by atoms with van der Waals surface area (Å²) in [7, 11) is -2.87. The number of anilines is 12. The van der Waals surface area contributed by atoms with Gasteiger partial charge in [0.1, 0.15) is 0 Å². The van der Waals surface area contributed by atoms with Gasteiger partial charge in [0.05, 0.1) is 16.1 Å². The molecular formula is C115H92N4Si2. The van der Waals surface area contributed by atoms with Crippen molar-refractivity contribution in [2.75, 3.05) is 19.6 Å². The molecule has 1 aliphatic carbocycles. The quantitative estimate of drug-likeness (QED) is 0.0795. The van der Waals surface area contributed by atoms with Crippen molar-refractivity contribution in [3.8, 4) is 11.1 Å². The summed E-state index contributed by atoms with van der Waals surface area (Å²) in [4.78, 5) is 9.59. The zero-order valence-corrected chi connectivity index (χ0v) is 71.5. The number of hydrogen-bond acceptors (Lipinski definition) is 4. The predicted octanol–water partition coefficient (Wildman–Crippen LogP) is 32.2. The van der Waals surface area contributed by atoms with Crippen LogP contribution in [0.5, 0.6) is 0 Å². The van der Waals surface area contributed by atoms with Crippen LogP contribution in [-0.4, -0.2) is 16.1 Å². The van der Waals surface area contributed by atoms with Crippen LogP contribution in [0.4, 0.5) is 68.2 Å². The summed E-state index contributed by atoms with van der Waals surface area (Å²) < 4.78 is 0. The molecule has 0 spiro atoms. The zero-order chi connectivity index (χ0) is 81.8. The van der Waals surface area contributed by atoms with E-state index in [0.717, 1.165) is 62.6 Å². The van der Waals surface area contributed by atoms with Crippen molar-refractivity contribution in [2.45, 2.75) is 58.5 Å². The van der Waals surface area contributed by atoms with Gasteiger partial charge in [0.15, 0.2) is 0 Å². The van der Waals surface area contributed by atoms with E-state index in [0.29, 0.717) is 0 Å². The summed E-state index contributed by atoms with van der Waals surface area (Å²) in [6.45, 7) is 19.2. The van der Waals surface area contributed by atoms with Gasteiger partial charge in [-0.2, -0.15) is 0 Å². The first kappa shape index (κ1) is 74.4. The Hall–Kier alpha value is -14.1. The summed E-state index contributed by atoms with van der Waals surface area (Å²) in [5.74, 6) is 0. The lowest BCUT2D eigenvalue weighted by Crippen LogP contribution is -2.37. The molecule has 1 aliphatic rings. The van der Waals surface area contributed by atoms with Gasteiger partial charge in [-0.1, -0.05) is 330 Å². The fourth-order valence-electron chi connectivity index (χ4n) is 19.4. The number of rotatable bonds is 14. The number of para-hydroxylation sites is 4. The van der Waals surface area contributed by atoms with Crippen LogP contribution >= 0.6 is 0 Å². The molecule has 6 heteroatoms. The van der Waals surface area contributed by atoms with Crippen LogP contribution in [0.2, 0.25) is 39.3 Å². The third kappa shape index (κ3) is 13.1. The average molecular weight is 1590 g/mol. The third-order valence-electron chi connectivity index (χ3n) is 25.5. The Bertz CT molecular complexity index is 7590. The molecule has 0 atom stereocenters. The lowest BCUT2D eigenvalue weighted by Gasteiger charge is -2.28. The van der Waals surface area contributed by atoms with E-state index in [4.69, 9.17) is 0 Å². The molecule has 0 unspecified atom stereocenters. The largest absolute Gasteiger partial charge is 0.310 e. The maximum atomic E-state index is 2.43. The Morgan fingerprint density at radius 1 is 0.174 bits per heavy atom. The molecule has 0 amide bonds. The Labute approximate surface area is 710 Å². The standard InChI is InChI=1S/C58H48N2Si.C57H44N2Si/c1-58(2)55-23-15-14-21-50(55)51-35-29-45(38-56(51)58)60(41-18-10-7-11-19-41)44-28-34-49-53-32-24-39-36-43(27-33-47(39)57(53)52-22-13-12-20-48(52)54(49)37-44)59(40-16-8-6-9-17-40)42-25-30-46(31-26-42)61(3,4)5;1-60(2,3)48-30-25-44(26-31-48)58(42-15-6-4-7-16-42)45-28-34-51-41(37-45)24-32-55-53-35-29-47(38-56(53)52-20-12-13-21-54(52)57(51)55)59(43-17-8-5-9-18-43)46-27-33-50-40(36-46)23-22-39-14-10-11-19-49(39)50/h6-38H,1-5H3;4-38H,1-3H3. The molecule has 0 saturated heterocycles. The topological polar surface area (TPSA) is 13.0 Å². The van der Waals surface area contributed by atoms with Crippen molar-refractivity contribution < 1.29 is 0 Å². The molecule has 0 saturated carbocycles. The lowest BCUT2D eigenvalue weighted by atomic mass is 9.82. The van der Waals surface area contributed by atoms with E-state index >= 15 is 0 Å². The summed E-state index contributed by atoms with van der Waals surface area (Å²) in [6, 6.07) is 153. The van der Waals surface area contributed by atoms with Gasteiger partial charge in [-0.15, -0.1) is 0 Å². The molecule has 0 aliphatic heterocycles. The van der Waals surface area contributed by atoms with Crippen molar-refractivity contribution >= 4 is 202 Å². The molecular weight excluding hydrogens is 1490 g/mol. The molecule has 4 nitrogen and oxygen atoms in total. The molecule has 0 fully saturated rings. The first-order valence-corrected chi connectivity index (χ1v) is 49.4. The highest BCUT2D eigenvalue weighted by Gasteiger charge is 2.36. The van der Waals surface area contributed by atoms with Crippen molar-refractivity contribution in [3.05, 3.63) is 424 Å². The van der Waals surface area contributed by atoms with Crippen molar-refractivity contribution in [1.82, 2.24) is 0 Å². The Morgan fingerprint density at radius 2 is 0.438 bits per heavy atom. The fourth-order valence-corrected chi connectivity index (χ4v) is 21.7. The predicted molar refractivity (Wildman–Crippen MR) is 530 cm³/mol. The van der Waals surface area contributed by atoms with Crippen molar-refractivity contribution in [2.24, 2.45) is 0 Å². The summed E-state index contributed by atoms with van der Waals surface area (Å²) >= 11 is 0. The maximum absolute atomic E-state index is 2.43. The molecule has 22 rings (SSSR count). The van der Waals surface area contributed by atoms with Crippen LogP contribution in [0.3, 0.4) is 0 Å². The summed E-state index contributed by atoms with van der Waals surface area (Å²) in [6.07, 6.45) is 0. The van der Waals surface area contributed by atoms with E-state index in [1.54, 1.807) is 0 Å². The van der Waals surface area contributed by atoms with Gasteiger partial charge in [0, 0.05) is 73.7 Å². The first-order chi connectivity index (χ1) is 59.0. The van der Waals surface area contributed by atoms with Crippen molar-refractivity contribution in [1.29, 1.82) is 0 Å². The van der Waals surface area contributed by atoms with Crippen LogP contribution in [0, 0.1) is 0 Å². The van der Waals surface area contributed by atoms with Gasteiger partial charge in [-0.05, 0) is 276 Å². The van der Waals surface area contributed by atoms with Gasteiger partial charge >= 0.3 is 0 Å². The molecule has 21 aromatic rings. The molecule has 0 heterocycles. The Balaban J connectivity index is 0.000000149. The molecule has 21 aromatic carbocycles. The molecule has 580 valence electrons. The van der Waals surface area contributed by atoms with E-state index in [1.807, 2.05) is 0 Å². The van der Waals surface area contributed by atoms with Crippen LogP contribution < -0.4 is 30.0 Å². The molecule has 0 N–H and O–H groups in total. The van der Waals surface area contributed by atoms with Crippen LogP contribution in [-0.2, 0) is 5.41 Å². The van der Waals surface area contributed by atoms with Crippen LogP contribution in [0.15, 0.2) is 413 Å². The molecule has 0 radical (unpaired) electrons. The fraction of sp³-hybridized carbons (Fsp3) is 0.0783. The molecule has 0 aromatic heterocycles. The second kappa shape index (κ2) is 29.7. The summed E-state index contributed by atoms with van der Waals surface area (Å²) in [5, 5.41) is 28.1.